The minimum absolute atomic E-state index is 0.0565. The number of nitrogens with zero attached hydrogens (tertiary/aromatic N) is 1. The van der Waals surface area contributed by atoms with Crippen LogP contribution in [0.15, 0.2) is 4.90 Å². The van der Waals surface area contributed by atoms with Crippen LogP contribution in [0, 0.1) is 6.92 Å². The van der Waals surface area contributed by atoms with Gasteiger partial charge < -0.3 is 5.11 Å². The summed E-state index contributed by atoms with van der Waals surface area (Å²) in [5.41, 5.74) is 0.584. The molecule has 0 aliphatic heterocycles. The molecule has 1 heterocycles. The Hall–Kier alpha value is -0.570. The number of sulfonamides is 1. The van der Waals surface area contributed by atoms with E-state index in [0.717, 1.165) is 12.2 Å². The van der Waals surface area contributed by atoms with Gasteiger partial charge in [0.2, 0.25) is 10.0 Å². The van der Waals surface area contributed by atoms with Crippen molar-refractivity contribution >= 4 is 21.8 Å². The minimum atomic E-state index is -3.63. The third-order valence-corrected chi connectivity index (χ3v) is 4.93. The summed E-state index contributed by atoms with van der Waals surface area (Å²) in [6, 6.07) is -0.150. The van der Waals surface area contributed by atoms with Crippen LogP contribution in [0.5, 0.6) is 0 Å². The maximum atomic E-state index is 12.2. The van der Waals surface area contributed by atoms with Gasteiger partial charge in [0, 0.05) is 6.04 Å². The Bertz CT molecular complexity index is 485. The third-order valence-electron chi connectivity index (χ3n) is 2.49. The summed E-state index contributed by atoms with van der Waals surface area (Å²) in [6.45, 7) is 3.04. The zero-order valence-corrected chi connectivity index (χ0v) is 12.4. The molecule has 104 valence electrons. The molecule has 1 aromatic heterocycles. The van der Waals surface area contributed by atoms with E-state index in [1.54, 1.807) is 18.7 Å². The van der Waals surface area contributed by atoms with E-state index >= 15 is 0 Å². The Morgan fingerprint density at radius 2 is 2.22 bits per heavy atom. The van der Waals surface area contributed by atoms with Gasteiger partial charge in [-0.2, -0.15) is 16.9 Å². The molecule has 0 radical (unpaired) electrons. The molecule has 1 rings (SSSR count). The van der Waals surface area contributed by atoms with Crippen LogP contribution in [0.25, 0.3) is 0 Å². The number of aliphatic hydroxyl groups excluding tert-OH is 1. The van der Waals surface area contributed by atoms with Crippen molar-refractivity contribution in [3.63, 3.8) is 0 Å². The number of thioether (sulfide) groups is 1. The van der Waals surface area contributed by atoms with Crippen LogP contribution >= 0.6 is 11.8 Å². The van der Waals surface area contributed by atoms with Crippen LogP contribution < -0.4 is 4.72 Å². The smallest absolute Gasteiger partial charge is 0.244 e. The number of rotatable bonds is 7. The summed E-state index contributed by atoms with van der Waals surface area (Å²) in [6.07, 6.45) is 2.73. The van der Waals surface area contributed by atoms with Crippen molar-refractivity contribution in [3.05, 3.63) is 11.4 Å². The zero-order valence-electron chi connectivity index (χ0n) is 10.7. The molecule has 0 aliphatic rings. The predicted molar refractivity (Wildman–Crippen MR) is 72.0 cm³/mol. The first-order chi connectivity index (χ1) is 8.42. The summed E-state index contributed by atoms with van der Waals surface area (Å²) in [7, 11) is -3.63. The van der Waals surface area contributed by atoms with Crippen LogP contribution in [0.4, 0.5) is 0 Å². The molecular formula is C10H19N3O3S2. The summed E-state index contributed by atoms with van der Waals surface area (Å²) in [5.74, 6) is 0.890. The molecule has 0 saturated carbocycles. The molecule has 18 heavy (non-hydrogen) atoms. The molecule has 1 aromatic rings. The monoisotopic (exact) mass is 293 g/mol. The number of aromatic amines is 1. The maximum absolute atomic E-state index is 12.2. The average Bonchev–Trinajstić information content (AvgIpc) is 2.67. The van der Waals surface area contributed by atoms with E-state index in [0.29, 0.717) is 5.69 Å². The van der Waals surface area contributed by atoms with Gasteiger partial charge in [0.05, 0.1) is 12.3 Å². The number of hydrogen-bond donors (Lipinski definition) is 3. The topological polar surface area (TPSA) is 95.1 Å². The van der Waals surface area contributed by atoms with E-state index < -0.39 is 16.6 Å². The second-order valence-electron chi connectivity index (χ2n) is 4.09. The molecule has 1 unspecified atom stereocenters. The highest BCUT2D eigenvalue weighted by Crippen LogP contribution is 2.18. The van der Waals surface area contributed by atoms with Crippen LogP contribution in [0.2, 0.25) is 0 Å². The molecule has 8 heteroatoms. The van der Waals surface area contributed by atoms with Crippen LogP contribution in [0.3, 0.4) is 0 Å². The number of aromatic nitrogens is 2. The van der Waals surface area contributed by atoms with Crippen molar-refractivity contribution < 1.29 is 13.5 Å². The normalized spacial score (nSPS) is 13.8. The Labute approximate surface area is 112 Å². The van der Waals surface area contributed by atoms with Gasteiger partial charge in [-0.25, -0.2) is 13.1 Å². The number of aryl methyl sites for hydroxylation is 1. The van der Waals surface area contributed by atoms with Gasteiger partial charge in [-0.15, -0.1) is 0 Å². The van der Waals surface area contributed by atoms with Crippen LogP contribution in [0.1, 0.15) is 24.7 Å². The van der Waals surface area contributed by atoms with E-state index in [9.17, 15) is 8.42 Å². The fourth-order valence-corrected chi connectivity index (χ4v) is 3.83. The Balaban J connectivity index is 2.89. The first kappa shape index (κ1) is 15.5. The quantitative estimate of drug-likeness (QED) is 0.685. The van der Waals surface area contributed by atoms with E-state index in [1.807, 2.05) is 13.2 Å². The zero-order chi connectivity index (χ0) is 13.8. The van der Waals surface area contributed by atoms with Crippen molar-refractivity contribution in [1.82, 2.24) is 14.9 Å². The average molecular weight is 293 g/mol. The molecule has 0 bridgehead atoms. The van der Waals surface area contributed by atoms with Crippen molar-refractivity contribution in [2.24, 2.45) is 0 Å². The van der Waals surface area contributed by atoms with Gasteiger partial charge in [0.15, 0.2) is 0 Å². The lowest BCUT2D eigenvalue weighted by molar-refractivity contribution is 0.273. The molecule has 0 aliphatic carbocycles. The van der Waals surface area contributed by atoms with Crippen LogP contribution in [-0.2, 0) is 16.6 Å². The molecule has 0 fully saturated rings. The minimum Gasteiger partial charge on any atom is -0.390 e. The standard InChI is InChI=1S/C10H19N3O3S2/c1-7(4-5-17-3)13-18(15,16)10-8(2)11-12-9(10)6-14/h7,13-14H,4-6H2,1-3H3,(H,11,12). The predicted octanol–water partition coefficient (Wildman–Crippen LogP) is 0.630. The molecule has 1 atom stereocenters. The molecule has 3 N–H and O–H groups in total. The SMILES string of the molecule is CSCCC(C)NS(=O)(=O)c1c(CO)n[nH]c1C. The number of aliphatic hydroxyl groups is 1. The lowest BCUT2D eigenvalue weighted by Crippen LogP contribution is -2.33. The molecule has 0 spiro atoms. The number of hydrogen-bond acceptors (Lipinski definition) is 5. The first-order valence-corrected chi connectivity index (χ1v) is 8.46. The molecule has 6 nitrogen and oxygen atoms in total. The summed E-state index contributed by atoms with van der Waals surface area (Å²) >= 11 is 1.67. The maximum Gasteiger partial charge on any atom is 0.244 e. The van der Waals surface area contributed by atoms with Crippen molar-refractivity contribution in [2.45, 2.75) is 37.8 Å². The Morgan fingerprint density at radius 3 is 2.78 bits per heavy atom. The number of nitrogens with one attached hydrogen (secondary N) is 2. The van der Waals surface area contributed by atoms with Crippen molar-refractivity contribution in [2.75, 3.05) is 12.0 Å². The fraction of sp³-hybridized carbons (Fsp3) is 0.700. The van der Waals surface area contributed by atoms with Gasteiger partial charge in [0.25, 0.3) is 0 Å². The van der Waals surface area contributed by atoms with Gasteiger partial charge in [-0.05, 0) is 32.3 Å². The molecule has 0 amide bonds. The molecule has 0 aromatic carbocycles. The van der Waals surface area contributed by atoms with Gasteiger partial charge in [0.1, 0.15) is 10.6 Å². The Morgan fingerprint density at radius 1 is 1.56 bits per heavy atom. The van der Waals surface area contributed by atoms with Gasteiger partial charge in [-0.3, -0.25) is 5.10 Å². The largest absolute Gasteiger partial charge is 0.390 e. The lowest BCUT2D eigenvalue weighted by atomic mass is 10.3. The van der Waals surface area contributed by atoms with Crippen molar-refractivity contribution in [1.29, 1.82) is 0 Å². The van der Waals surface area contributed by atoms with E-state index in [1.165, 1.54) is 0 Å². The van der Waals surface area contributed by atoms with E-state index in [2.05, 4.69) is 14.9 Å². The fourth-order valence-electron chi connectivity index (χ4n) is 1.61. The van der Waals surface area contributed by atoms with Crippen LogP contribution in [-0.4, -0.2) is 41.8 Å². The second kappa shape index (κ2) is 6.55. The summed E-state index contributed by atoms with van der Waals surface area (Å²) < 4.78 is 27.0. The molecule has 0 saturated heterocycles. The summed E-state index contributed by atoms with van der Waals surface area (Å²) in [4.78, 5) is 0.0565. The highest BCUT2D eigenvalue weighted by atomic mass is 32.2. The van der Waals surface area contributed by atoms with Gasteiger partial charge in [-0.1, -0.05) is 0 Å². The summed E-state index contributed by atoms with van der Waals surface area (Å²) in [5, 5.41) is 15.4. The van der Waals surface area contributed by atoms with Crippen molar-refractivity contribution in [3.8, 4) is 0 Å². The second-order valence-corrected chi connectivity index (χ2v) is 6.72. The van der Waals surface area contributed by atoms with Gasteiger partial charge >= 0.3 is 0 Å². The first-order valence-electron chi connectivity index (χ1n) is 5.58. The highest BCUT2D eigenvalue weighted by Gasteiger charge is 2.25. The van der Waals surface area contributed by atoms with E-state index in [-0.39, 0.29) is 16.6 Å². The van der Waals surface area contributed by atoms with E-state index in [4.69, 9.17) is 5.11 Å². The number of H-pyrrole nitrogens is 1. The highest BCUT2D eigenvalue weighted by molar-refractivity contribution is 7.98. The Kier molecular flexibility index (Phi) is 5.64. The lowest BCUT2D eigenvalue weighted by Gasteiger charge is -2.13. The molecular weight excluding hydrogens is 274 g/mol. The third kappa shape index (κ3) is 3.71.